The molecule has 0 aromatic heterocycles. The molecule has 152 valence electrons. The van der Waals surface area contributed by atoms with Crippen molar-refractivity contribution < 1.29 is 4.74 Å². The molecule has 0 radical (unpaired) electrons. The van der Waals surface area contributed by atoms with Crippen LogP contribution in [0.5, 0.6) is 0 Å². The SMILES string of the molecule is C=CCCC[C@H]1CC[C@H](CC[C@H]2CC[C@H](OCCCCCC)CC2)CC1. The van der Waals surface area contributed by atoms with Crippen LogP contribution in [0.4, 0.5) is 0 Å². The van der Waals surface area contributed by atoms with Crippen LogP contribution in [0.15, 0.2) is 12.7 Å². The molecule has 0 amide bonds. The van der Waals surface area contributed by atoms with Crippen LogP contribution < -0.4 is 0 Å². The Balaban J connectivity index is 1.47. The van der Waals surface area contributed by atoms with Crippen molar-refractivity contribution in [2.45, 2.75) is 122 Å². The van der Waals surface area contributed by atoms with E-state index >= 15 is 0 Å². The number of allylic oxidation sites excluding steroid dienone is 1. The number of hydrogen-bond donors (Lipinski definition) is 0. The van der Waals surface area contributed by atoms with E-state index in [2.05, 4.69) is 19.6 Å². The van der Waals surface area contributed by atoms with Gasteiger partial charge in [0.1, 0.15) is 0 Å². The van der Waals surface area contributed by atoms with Gasteiger partial charge in [0.05, 0.1) is 6.10 Å². The van der Waals surface area contributed by atoms with Crippen molar-refractivity contribution in [3.05, 3.63) is 12.7 Å². The molecule has 0 bridgehead atoms. The summed E-state index contributed by atoms with van der Waals surface area (Å²) in [5, 5.41) is 0. The number of ether oxygens (including phenoxy) is 1. The molecule has 0 N–H and O–H groups in total. The van der Waals surface area contributed by atoms with Crippen molar-refractivity contribution in [2.75, 3.05) is 6.61 Å². The van der Waals surface area contributed by atoms with Crippen molar-refractivity contribution in [3.63, 3.8) is 0 Å². The Hall–Kier alpha value is -0.300. The van der Waals surface area contributed by atoms with Crippen LogP contribution in [0, 0.1) is 17.8 Å². The van der Waals surface area contributed by atoms with Crippen LogP contribution in [-0.4, -0.2) is 12.7 Å². The molecule has 0 unspecified atom stereocenters. The predicted molar refractivity (Wildman–Crippen MR) is 115 cm³/mol. The van der Waals surface area contributed by atoms with Gasteiger partial charge in [-0.3, -0.25) is 0 Å². The third kappa shape index (κ3) is 9.07. The molecule has 2 aliphatic carbocycles. The molecular formula is C25H46O. The van der Waals surface area contributed by atoms with E-state index in [0.29, 0.717) is 6.10 Å². The molecule has 0 aromatic carbocycles. The zero-order valence-corrected chi connectivity index (χ0v) is 17.7. The Bertz CT molecular complexity index is 334. The minimum atomic E-state index is 0.582. The van der Waals surface area contributed by atoms with E-state index in [1.165, 1.54) is 109 Å². The highest BCUT2D eigenvalue weighted by atomic mass is 16.5. The molecule has 1 heteroatoms. The van der Waals surface area contributed by atoms with E-state index < -0.39 is 0 Å². The van der Waals surface area contributed by atoms with E-state index in [4.69, 9.17) is 4.74 Å². The van der Waals surface area contributed by atoms with Gasteiger partial charge in [0.15, 0.2) is 0 Å². The second kappa shape index (κ2) is 13.8. The number of unbranched alkanes of at least 4 members (excludes halogenated alkanes) is 4. The molecule has 0 atom stereocenters. The fourth-order valence-corrected chi connectivity index (χ4v) is 5.20. The van der Waals surface area contributed by atoms with Crippen LogP contribution in [0.1, 0.15) is 116 Å². The lowest BCUT2D eigenvalue weighted by Crippen LogP contribution is -2.23. The zero-order valence-electron chi connectivity index (χ0n) is 17.7. The van der Waals surface area contributed by atoms with Crippen molar-refractivity contribution >= 4 is 0 Å². The van der Waals surface area contributed by atoms with Gasteiger partial charge >= 0.3 is 0 Å². The highest BCUT2D eigenvalue weighted by Crippen LogP contribution is 2.37. The summed E-state index contributed by atoms with van der Waals surface area (Å²) in [5.74, 6) is 3.06. The molecule has 2 fully saturated rings. The zero-order chi connectivity index (χ0) is 18.5. The lowest BCUT2D eigenvalue weighted by Gasteiger charge is -2.32. The lowest BCUT2D eigenvalue weighted by molar-refractivity contribution is 0.0145. The van der Waals surface area contributed by atoms with E-state index in [1.54, 1.807) is 0 Å². The topological polar surface area (TPSA) is 9.23 Å². The Morgan fingerprint density at radius 2 is 1.31 bits per heavy atom. The highest BCUT2D eigenvalue weighted by molar-refractivity contribution is 4.77. The van der Waals surface area contributed by atoms with E-state index in [1.807, 2.05) is 0 Å². The average Bonchev–Trinajstić information content (AvgIpc) is 2.68. The van der Waals surface area contributed by atoms with Gasteiger partial charge < -0.3 is 4.74 Å². The molecule has 0 heterocycles. The second-order valence-electron chi connectivity index (χ2n) is 9.26. The van der Waals surface area contributed by atoms with Gasteiger partial charge in [0.2, 0.25) is 0 Å². The second-order valence-corrected chi connectivity index (χ2v) is 9.26. The van der Waals surface area contributed by atoms with Gasteiger partial charge in [0, 0.05) is 6.61 Å². The van der Waals surface area contributed by atoms with Gasteiger partial charge in [-0.1, -0.05) is 77.2 Å². The Morgan fingerprint density at radius 1 is 0.731 bits per heavy atom. The van der Waals surface area contributed by atoms with Crippen LogP contribution in [0.2, 0.25) is 0 Å². The molecule has 2 rings (SSSR count). The molecule has 1 nitrogen and oxygen atoms in total. The van der Waals surface area contributed by atoms with E-state index in [9.17, 15) is 0 Å². The van der Waals surface area contributed by atoms with Gasteiger partial charge in [-0.15, -0.1) is 6.58 Å². The van der Waals surface area contributed by atoms with Gasteiger partial charge in [-0.2, -0.15) is 0 Å². The maximum atomic E-state index is 6.12. The molecule has 0 saturated heterocycles. The fourth-order valence-electron chi connectivity index (χ4n) is 5.20. The van der Waals surface area contributed by atoms with Gasteiger partial charge in [-0.25, -0.2) is 0 Å². The summed E-state index contributed by atoms with van der Waals surface area (Å²) in [6.45, 7) is 7.13. The lowest BCUT2D eigenvalue weighted by atomic mass is 9.76. The third-order valence-electron chi connectivity index (χ3n) is 7.12. The minimum absolute atomic E-state index is 0.582. The van der Waals surface area contributed by atoms with Crippen LogP contribution in [0.25, 0.3) is 0 Å². The highest BCUT2D eigenvalue weighted by Gasteiger charge is 2.24. The molecule has 0 aromatic rings. The summed E-state index contributed by atoms with van der Waals surface area (Å²) in [4.78, 5) is 0. The largest absolute Gasteiger partial charge is 0.378 e. The van der Waals surface area contributed by atoms with Crippen molar-refractivity contribution in [1.29, 1.82) is 0 Å². The Labute approximate surface area is 164 Å². The Kier molecular flexibility index (Phi) is 11.7. The monoisotopic (exact) mass is 362 g/mol. The summed E-state index contributed by atoms with van der Waals surface area (Å²) >= 11 is 0. The summed E-state index contributed by atoms with van der Waals surface area (Å²) in [6.07, 6.45) is 26.5. The van der Waals surface area contributed by atoms with E-state index in [0.717, 1.165) is 24.4 Å². The molecule has 0 spiro atoms. The number of rotatable bonds is 13. The summed E-state index contributed by atoms with van der Waals surface area (Å²) < 4.78 is 6.12. The molecule has 2 aliphatic rings. The number of hydrogen-bond acceptors (Lipinski definition) is 1. The summed E-state index contributed by atoms with van der Waals surface area (Å²) in [6, 6.07) is 0. The normalized spacial score (nSPS) is 29.6. The molecule has 0 aliphatic heterocycles. The fraction of sp³-hybridized carbons (Fsp3) is 0.920. The quantitative estimate of drug-likeness (QED) is 0.237. The first kappa shape index (κ1) is 22.0. The minimum Gasteiger partial charge on any atom is -0.378 e. The smallest absolute Gasteiger partial charge is 0.0575 e. The summed E-state index contributed by atoms with van der Waals surface area (Å²) in [7, 11) is 0. The summed E-state index contributed by atoms with van der Waals surface area (Å²) in [5.41, 5.74) is 0. The van der Waals surface area contributed by atoms with E-state index in [-0.39, 0.29) is 0 Å². The first-order valence-corrected chi connectivity index (χ1v) is 12.0. The first-order valence-electron chi connectivity index (χ1n) is 12.0. The first-order chi connectivity index (χ1) is 12.8. The van der Waals surface area contributed by atoms with Crippen LogP contribution >= 0.6 is 0 Å². The maximum Gasteiger partial charge on any atom is 0.0575 e. The van der Waals surface area contributed by atoms with Gasteiger partial charge in [0.25, 0.3) is 0 Å². The van der Waals surface area contributed by atoms with Crippen LogP contribution in [-0.2, 0) is 4.74 Å². The molecule has 26 heavy (non-hydrogen) atoms. The third-order valence-corrected chi connectivity index (χ3v) is 7.12. The van der Waals surface area contributed by atoms with Crippen molar-refractivity contribution in [3.8, 4) is 0 Å². The Morgan fingerprint density at radius 3 is 1.88 bits per heavy atom. The average molecular weight is 363 g/mol. The van der Waals surface area contributed by atoms with Crippen LogP contribution in [0.3, 0.4) is 0 Å². The van der Waals surface area contributed by atoms with Crippen molar-refractivity contribution in [2.24, 2.45) is 17.8 Å². The molecule has 2 saturated carbocycles. The predicted octanol–water partition coefficient (Wildman–Crippen LogP) is 8.09. The standard InChI is InChI=1S/C25H46O/c1-3-5-7-9-21-26-25-19-17-24(18-20-25)16-15-23-13-11-22(12-14-23)10-8-6-4-2/h4,22-25H,2-3,5-21H2,1H3/t22-,23-,24-,25-. The molecular weight excluding hydrogens is 316 g/mol. The maximum absolute atomic E-state index is 6.12. The van der Waals surface area contributed by atoms with Gasteiger partial charge in [-0.05, 0) is 62.7 Å². The van der Waals surface area contributed by atoms with Crippen molar-refractivity contribution in [1.82, 2.24) is 0 Å².